The van der Waals surface area contributed by atoms with Gasteiger partial charge >= 0.3 is 0 Å². The van der Waals surface area contributed by atoms with Crippen molar-refractivity contribution in [3.05, 3.63) is 190 Å². The molecule has 0 radical (unpaired) electrons. The van der Waals surface area contributed by atoms with Gasteiger partial charge in [-0.05, 0) is 102 Å². The van der Waals surface area contributed by atoms with E-state index in [4.69, 9.17) is 32.1 Å². The van der Waals surface area contributed by atoms with E-state index in [0.29, 0.717) is 28.6 Å². The highest BCUT2D eigenvalue weighted by Gasteiger charge is 2.20. The van der Waals surface area contributed by atoms with E-state index in [1.807, 2.05) is 67.7 Å². The molecule has 0 unspecified atom stereocenters. The predicted molar refractivity (Wildman–Crippen MR) is 343 cm³/mol. The molecule has 0 aliphatic carbocycles. The van der Waals surface area contributed by atoms with E-state index < -0.39 is 0 Å². The highest BCUT2D eigenvalue weighted by molar-refractivity contribution is 5.33. The molecule has 0 N–H and O–H groups in total. The summed E-state index contributed by atoms with van der Waals surface area (Å²) in [5.41, 5.74) is 12.3. The smallest absolute Gasteiger partial charge is 0.204 e. The number of aromatic nitrogens is 10. The Balaban J connectivity index is 0.000000478. The summed E-state index contributed by atoms with van der Waals surface area (Å²) in [5.74, 6) is 13.7. The van der Waals surface area contributed by atoms with Crippen molar-refractivity contribution in [3.8, 4) is 61.7 Å². The summed E-state index contributed by atoms with van der Waals surface area (Å²) in [4.78, 5) is 41.6. The van der Waals surface area contributed by atoms with Crippen molar-refractivity contribution in [3.63, 3.8) is 0 Å². The molecule has 82 heavy (non-hydrogen) atoms. The van der Waals surface area contributed by atoms with Crippen LogP contribution >= 0.6 is 0 Å². The molecule has 0 aliphatic heterocycles. The maximum absolute atomic E-state index is 5.25. The fraction of sp³-hybridized carbons (Fsp3) is 0.417. The second kappa shape index (κ2) is 31.6. The lowest BCUT2D eigenvalue weighted by Gasteiger charge is -2.20. The molecule has 7 heterocycles. The van der Waals surface area contributed by atoms with Crippen LogP contribution in [0.3, 0.4) is 0 Å². The minimum atomic E-state index is -0.0349. The third kappa shape index (κ3) is 27.2. The van der Waals surface area contributed by atoms with Gasteiger partial charge in [0.2, 0.25) is 5.82 Å². The van der Waals surface area contributed by atoms with Gasteiger partial charge in [0.1, 0.15) is 34.9 Å². The molecule has 0 amide bonds. The van der Waals surface area contributed by atoms with Gasteiger partial charge in [0.05, 0.1) is 11.4 Å². The Bertz CT molecular complexity index is 2930. The first-order valence-electron chi connectivity index (χ1n) is 27.3. The molecule has 10 heteroatoms. The summed E-state index contributed by atoms with van der Waals surface area (Å²) in [6, 6.07) is 25.5. The third-order valence-corrected chi connectivity index (χ3v) is 11.5. The highest BCUT2D eigenvalue weighted by atomic mass is 14.9. The van der Waals surface area contributed by atoms with Crippen LogP contribution in [-0.4, -0.2) is 49.8 Å². The predicted octanol–water partition coefficient (Wildman–Crippen LogP) is 15.4. The standard InChI is InChI=1S/2C11H13N.3C10H12N2.2C10H15N/c1-5-10-8-9(6-7-12-10)11(2,3)4;1-5-9-7-6-8-10(12-9)11(2,3)4;1-5-8-6-9(10(2,3)4)12-7-11-8;1-5-9-11-7-6-8(12-9)10(2,3)4;1-5-8-6-7-11-9(12-8)10(2,3)4;1-8-9(10(2,3)4)6-5-7-11-8;1-8-6-5-7-9(11-8)10(2,3)4/h2*1,6-8H,2-4H3;3*1,6-7H,2-4H3;2*5-7H,1-4H3. The maximum atomic E-state index is 5.25. The van der Waals surface area contributed by atoms with E-state index in [2.05, 4.69) is 250 Å². The molecule has 0 fully saturated rings. The first kappa shape index (κ1) is 71.7. The van der Waals surface area contributed by atoms with Crippen molar-refractivity contribution in [1.29, 1.82) is 0 Å². The Morgan fingerprint density at radius 3 is 1.27 bits per heavy atom. The Morgan fingerprint density at radius 2 is 0.817 bits per heavy atom. The topological polar surface area (TPSA) is 129 Å². The Labute approximate surface area is 496 Å². The maximum Gasteiger partial charge on any atom is 0.204 e. The zero-order valence-corrected chi connectivity index (χ0v) is 53.8. The van der Waals surface area contributed by atoms with Crippen LogP contribution in [0.15, 0.2) is 110 Å². The fourth-order valence-electron chi connectivity index (χ4n) is 6.64. The van der Waals surface area contributed by atoms with Crippen molar-refractivity contribution in [1.82, 2.24) is 49.8 Å². The van der Waals surface area contributed by atoms with Crippen molar-refractivity contribution in [2.45, 2.75) is 197 Å². The van der Waals surface area contributed by atoms with Crippen LogP contribution < -0.4 is 0 Å². The molecule has 0 spiro atoms. The molecule has 0 atom stereocenters. The van der Waals surface area contributed by atoms with Crippen LogP contribution in [-0.2, 0) is 37.9 Å². The summed E-state index contributed by atoms with van der Waals surface area (Å²) in [5, 5.41) is 0. The molecule has 7 aromatic heterocycles. The Kier molecular flexibility index (Phi) is 27.6. The van der Waals surface area contributed by atoms with Gasteiger partial charge in [0, 0.05) is 74.6 Å². The SMILES string of the molecule is C#Cc1cc(C(C)(C)C)ccn1.C#Cc1cc(C(C)(C)C)ncn1.C#Cc1cccc(C(C)(C)C)n1.C#Cc1ccnc(C(C)(C)C)n1.C#Cc1nccc(C(C)(C)C)n1.Cc1cccc(C(C)(C)C)n1.Cc1ncccc1C(C)(C)C. The molecule has 10 nitrogen and oxygen atoms in total. The van der Waals surface area contributed by atoms with Gasteiger partial charge in [-0.25, -0.2) is 39.9 Å². The van der Waals surface area contributed by atoms with Crippen LogP contribution in [0.1, 0.15) is 225 Å². The number of hydrogen-bond donors (Lipinski definition) is 0. The summed E-state index contributed by atoms with van der Waals surface area (Å²) >= 11 is 0. The van der Waals surface area contributed by atoms with E-state index in [1.54, 1.807) is 24.7 Å². The molecular formula is C72H92N10. The van der Waals surface area contributed by atoms with Gasteiger partial charge in [-0.2, -0.15) is 0 Å². The number of terminal acetylenes is 5. The van der Waals surface area contributed by atoms with Crippen molar-refractivity contribution >= 4 is 0 Å². The first-order chi connectivity index (χ1) is 37.7. The lowest BCUT2D eigenvalue weighted by molar-refractivity contribution is 0.544. The van der Waals surface area contributed by atoms with E-state index in [-0.39, 0.29) is 37.9 Å². The number of hydrogen-bond acceptors (Lipinski definition) is 10. The van der Waals surface area contributed by atoms with Crippen LogP contribution in [0.4, 0.5) is 0 Å². The largest absolute Gasteiger partial charge is 0.261 e. The van der Waals surface area contributed by atoms with Crippen molar-refractivity contribution in [2.24, 2.45) is 0 Å². The molecule has 7 rings (SSSR count). The molecule has 0 bridgehead atoms. The molecule has 0 aromatic carbocycles. The average Bonchev–Trinajstić information content (AvgIpc) is 3.41. The molecule has 430 valence electrons. The summed E-state index contributed by atoms with van der Waals surface area (Å²) in [6.45, 7) is 48.8. The van der Waals surface area contributed by atoms with Crippen molar-refractivity contribution < 1.29 is 0 Å². The molecule has 0 aliphatic rings. The van der Waals surface area contributed by atoms with E-state index in [0.717, 1.165) is 40.0 Å². The van der Waals surface area contributed by atoms with Gasteiger partial charge in [-0.1, -0.05) is 187 Å². The van der Waals surface area contributed by atoms with Crippen LogP contribution in [0.25, 0.3) is 0 Å². The number of rotatable bonds is 0. The van der Waals surface area contributed by atoms with Gasteiger partial charge in [0.25, 0.3) is 0 Å². The van der Waals surface area contributed by atoms with Gasteiger partial charge in [0.15, 0.2) is 0 Å². The fourth-order valence-corrected chi connectivity index (χ4v) is 6.64. The highest BCUT2D eigenvalue weighted by Crippen LogP contribution is 2.25. The summed E-state index contributed by atoms with van der Waals surface area (Å²) in [7, 11) is 0. The van der Waals surface area contributed by atoms with Crippen LogP contribution in [0.5, 0.6) is 0 Å². The van der Waals surface area contributed by atoms with Crippen LogP contribution in [0, 0.1) is 75.6 Å². The lowest BCUT2D eigenvalue weighted by atomic mass is 9.86. The number of nitrogens with zero attached hydrogens (tertiary/aromatic N) is 10. The Hall–Kier alpha value is -8.36. The zero-order valence-electron chi connectivity index (χ0n) is 53.8. The van der Waals surface area contributed by atoms with Gasteiger partial charge in [-0.15, -0.1) is 32.1 Å². The summed E-state index contributed by atoms with van der Waals surface area (Å²) < 4.78 is 0. The van der Waals surface area contributed by atoms with Crippen LogP contribution in [0.2, 0.25) is 0 Å². The van der Waals surface area contributed by atoms with E-state index in [1.165, 1.54) is 17.5 Å². The van der Waals surface area contributed by atoms with Gasteiger partial charge < -0.3 is 0 Å². The van der Waals surface area contributed by atoms with E-state index in [9.17, 15) is 0 Å². The third-order valence-electron chi connectivity index (χ3n) is 11.5. The molecular weight excluding hydrogens is 1000 g/mol. The van der Waals surface area contributed by atoms with Crippen molar-refractivity contribution in [2.75, 3.05) is 0 Å². The minimum absolute atomic E-state index is 0.0349. The lowest BCUT2D eigenvalue weighted by Crippen LogP contribution is -2.16. The minimum Gasteiger partial charge on any atom is -0.261 e. The summed E-state index contributed by atoms with van der Waals surface area (Å²) in [6.07, 6.45) is 34.6. The van der Waals surface area contributed by atoms with Gasteiger partial charge in [-0.3, -0.25) is 9.97 Å². The first-order valence-corrected chi connectivity index (χ1v) is 27.3. The molecule has 0 saturated carbocycles. The molecule has 0 saturated heterocycles. The second-order valence-corrected chi connectivity index (χ2v) is 26.4. The average molecular weight is 1100 g/mol. The van der Waals surface area contributed by atoms with E-state index >= 15 is 0 Å². The zero-order chi connectivity index (χ0) is 62.9. The number of pyridine rings is 4. The molecule has 7 aromatic rings. The second-order valence-electron chi connectivity index (χ2n) is 26.4. The monoisotopic (exact) mass is 1100 g/mol. The quantitative estimate of drug-likeness (QED) is 0.135. The normalized spacial score (nSPS) is 11.0. The number of aryl methyl sites for hydroxylation is 2. The Morgan fingerprint density at radius 1 is 0.329 bits per heavy atom.